The second kappa shape index (κ2) is 5.57. The van der Waals surface area contributed by atoms with Crippen LogP contribution in [0.25, 0.3) is 10.9 Å². The normalized spacial score (nSPS) is 16.1. The SMILES string of the molecule is NCc1cnc2ccccc2c1OCC1CCCC1. The zero-order valence-corrected chi connectivity index (χ0v) is 11.1. The lowest BCUT2D eigenvalue weighted by atomic mass is 10.1. The highest BCUT2D eigenvalue weighted by atomic mass is 16.5. The van der Waals surface area contributed by atoms with Crippen molar-refractivity contribution in [1.29, 1.82) is 0 Å². The summed E-state index contributed by atoms with van der Waals surface area (Å²) in [6.45, 7) is 1.28. The summed E-state index contributed by atoms with van der Waals surface area (Å²) < 4.78 is 6.11. The predicted molar refractivity (Wildman–Crippen MR) is 77.1 cm³/mol. The van der Waals surface area contributed by atoms with Crippen molar-refractivity contribution in [1.82, 2.24) is 4.98 Å². The van der Waals surface area contributed by atoms with E-state index in [1.165, 1.54) is 25.7 Å². The van der Waals surface area contributed by atoms with Gasteiger partial charge in [0.25, 0.3) is 0 Å². The molecule has 1 saturated carbocycles. The van der Waals surface area contributed by atoms with Crippen LogP contribution in [0.2, 0.25) is 0 Å². The number of rotatable bonds is 4. The van der Waals surface area contributed by atoms with E-state index in [0.29, 0.717) is 12.5 Å². The number of ether oxygens (including phenoxy) is 1. The molecule has 3 rings (SSSR count). The van der Waals surface area contributed by atoms with E-state index in [-0.39, 0.29) is 0 Å². The second-order valence-electron chi connectivity index (χ2n) is 5.30. The molecule has 1 aliphatic rings. The van der Waals surface area contributed by atoms with Crippen LogP contribution in [0.1, 0.15) is 31.2 Å². The van der Waals surface area contributed by atoms with Gasteiger partial charge in [0.1, 0.15) is 5.75 Å². The summed E-state index contributed by atoms with van der Waals surface area (Å²) in [6, 6.07) is 8.09. The maximum absolute atomic E-state index is 6.11. The molecule has 0 spiro atoms. The molecule has 2 aromatic rings. The molecule has 0 unspecified atom stereocenters. The van der Waals surface area contributed by atoms with Crippen LogP contribution in [0.5, 0.6) is 5.75 Å². The van der Waals surface area contributed by atoms with Crippen molar-refractivity contribution in [3.8, 4) is 5.75 Å². The monoisotopic (exact) mass is 256 g/mol. The predicted octanol–water partition coefficient (Wildman–Crippen LogP) is 3.26. The van der Waals surface area contributed by atoms with Gasteiger partial charge in [-0.2, -0.15) is 0 Å². The van der Waals surface area contributed by atoms with Crippen molar-refractivity contribution in [3.05, 3.63) is 36.0 Å². The van der Waals surface area contributed by atoms with Crippen LogP contribution in [0.15, 0.2) is 30.5 Å². The van der Waals surface area contributed by atoms with Gasteiger partial charge in [-0.15, -0.1) is 0 Å². The number of hydrogen-bond acceptors (Lipinski definition) is 3. The summed E-state index contributed by atoms with van der Waals surface area (Å²) in [6.07, 6.45) is 7.11. The molecule has 19 heavy (non-hydrogen) atoms. The van der Waals surface area contributed by atoms with E-state index >= 15 is 0 Å². The lowest BCUT2D eigenvalue weighted by Gasteiger charge is -2.16. The molecule has 0 saturated heterocycles. The van der Waals surface area contributed by atoms with E-state index in [4.69, 9.17) is 10.5 Å². The number of hydrogen-bond donors (Lipinski definition) is 1. The van der Waals surface area contributed by atoms with Crippen LogP contribution in [0.4, 0.5) is 0 Å². The summed E-state index contributed by atoms with van der Waals surface area (Å²) in [5.74, 6) is 1.64. The fraction of sp³-hybridized carbons (Fsp3) is 0.438. The number of nitrogens with zero attached hydrogens (tertiary/aromatic N) is 1. The van der Waals surface area contributed by atoms with Crippen LogP contribution in [0.3, 0.4) is 0 Å². The van der Waals surface area contributed by atoms with E-state index in [2.05, 4.69) is 11.1 Å². The minimum absolute atomic E-state index is 0.470. The summed E-state index contributed by atoms with van der Waals surface area (Å²) in [4.78, 5) is 4.43. The first-order valence-electron chi connectivity index (χ1n) is 7.08. The first kappa shape index (κ1) is 12.4. The minimum Gasteiger partial charge on any atom is -0.492 e. The number of fused-ring (bicyclic) bond motifs is 1. The standard InChI is InChI=1S/C16H20N2O/c17-9-13-10-18-15-8-4-3-7-14(15)16(13)19-11-12-5-1-2-6-12/h3-4,7-8,10,12H,1-2,5-6,9,11,17H2. The molecule has 0 aliphatic heterocycles. The largest absolute Gasteiger partial charge is 0.492 e. The van der Waals surface area contributed by atoms with Crippen molar-refractivity contribution in [2.24, 2.45) is 11.7 Å². The molecule has 1 aromatic heterocycles. The Morgan fingerprint density at radius 2 is 2.00 bits per heavy atom. The molecule has 0 atom stereocenters. The second-order valence-corrected chi connectivity index (χ2v) is 5.30. The Kier molecular flexibility index (Phi) is 3.65. The Balaban J connectivity index is 1.90. The molecule has 2 N–H and O–H groups in total. The fourth-order valence-corrected chi connectivity index (χ4v) is 2.85. The smallest absolute Gasteiger partial charge is 0.134 e. The molecule has 3 heteroatoms. The lowest BCUT2D eigenvalue weighted by Crippen LogP contribution is -2.11. The van der Waals surface area contributed by atoms with E-state index < -0.39 is 0 Å². The van der Waals surface area contributed by atoms with E-state index in [1.54, 1.807) is 0 Å². The van der Waals surface area contributed by atoms with Crippen LogP contribution in [0, 0.1) is 5.92 Å². The summed E-state index contributed by atoms with van der Waals surface area (Å²) in [7, 11) is 0. The van der Waals surface area contributed by atoms with Crippen LogP contribution >= 0.6 is 0 Å². The summed E-state index contributed by atoms with van der Waals surface area (Å²) in [5.41, 5.74) is 7.78. The molecule has 1 aromatic carbocycles. The van der Waals surface area contributed by atoms with Gasteiger partial charge in [-0.05, 0) is 30.9 Å². The summed E-state index contributed by atoms with van der Waals surface area (Å²) >= 11 is 0. The third-order valence-corrected chi connectivity index (χ3v) is 3.96. The van der Waals surface area contributed by atoms with Gasteiger partial charge in [-0.25, -0.2) is 0 Å². The van der Waals surface area contributed by atoms with Gasteiger partial charge in [0, 0.05) is 23.7 Å². The first-order chi connectivity index (χ1) is 9.38. The summed E-state index contributed by atoms with van der Waals surface area (Å²) in [5, 5.41) is 1.07. The van der Waals surface area contributed by atoms with Gasteiger partial charge in [0.05, 0.1) is 12.1 Å². The van der Waals surface area contributed by atoms with Crippen molar-refractivity contribution in [3.63, 3.8) is 0 Å². The average molecular weight is 256 g/mol. The third-order valence-electron chi connectivity index (χ3n) is 3.96. The molecule has 3 nitrogen and oxygen atoms in total. The van der Waals surface area contributed by atoms with Gasteiger partial charge < -0.3 is 10.5 Å². The highest BCUT2D eigenvalue weighted by molar-refractivity contribution is 5.86. The number of nitrogens with two attached hydrogens (primary N) is 1. The quantitative estimate of drug-likeness (QED) is 0.913. The molecular weight excluding hydrogens is 236 g/mol. The Hall–Kier alpha value is -1.61. The molecular formula is C16H20N2O. The molecule has 0 radical (unpaired) electrons. The third kappa shape index (κ3) is 2.56. The lowest BCUT2D eigenvalue weighted by molar-refractivity contribution is 0.252. The maximum Gasteiger partial charge on any atom is 0.134 e. The van der Waals surface area contributed by atoms with Gasteiger partial charge in [0.15, 0.2) is 0 Å². The van der Waals surface area contributed by atoms with Gasteiger partial charge in [-0.3, -0.25) is 4.98 Å². The van der Waals surface area contributed by atoms with E-state index in [0.717, 1.165) is 28.8 Å². The fourth-order valence-electron chi connectivity index (χ4n) is 2.85. The van der Waals surface area contributed by atoms with Crippen LogP contribution < -0.4 is 10.5 Å². The van der Waals surface area contributed by atoms with Crippen molar-refractivity contribution >= 4 is 10.9 Å². The van der Waals surface area contributed by atoms with Gasteiger partial charge in [-0.1, -0.05) is 25.0 Å². The molecule has 1 fully saturated rings. The van der Waals surface area contributed by atoms with Gasteiger partial charge >= 0.3 is 0 Å². The molecule has 100 valence electrons. The zero-order valence-electron chi connectivity index (χ0n) is 11.1. The van der Waals surface area contributed by atoms with Crippen LogP contribution in [-0.2, 0) is 6.54 Å². The first-order valence-corrected chi connectivity index (χ1v) is 7.08. The highest BCUT2D eigenvalue weighted by Gasteiger charge is 2.17. The molecule has 0 bridgehead atoms. The molecule has 0 amide bonds. The molecule has 1 aliphatic carbocycles. The number of para-hydroxylation sites is 1. The van der Waals surface area contributed by atoms with Crippen molar-refractivity contribution < 1.29 is 4.74 Å². The maximum atomic E-state index is 6.11. The minimum atomic E-state index is 0.470. The Morgan fingerprint density at radius 1 is 1.21 bits per heavy atom. The Morgan fingerprint density at radius 3 is 2.79 bits per heavy atom. The van der Waals surface area contributed by atoms with Crippen molar-refractivity contribution in [2.75, 3.05) is 6.61 Å². The van der Waals surface area contributed by atoms with Crippen LogP contribution in [-0.4, -0.2) is 11.6 Å². The van der Waals surface area contributed by atoms with E-state index in [9.17, 15) is 0 Å². The topological polar surface area (TPSA) is 48.1 Å². The Labute approximate surface area is 113 Å². The zero-order chi connectivity index (χ0) is 13.1. The number of benzene rings is 1. The molecule has 1 heterocycles. The average Bonchev–Trinajstić information content (AvgIpc) is 2.97. The highest BCUT2D eigenvalue weighted by Crippen LogP contribution is 2.31. The van der Waals surface area contributed by atoms with Gasteiger partial charge in [0.2, 0.25) is 0 Å². The van der Waals surface area contributed by atoms with E-state index in [1.807, 2.05) is 24.4 Å². The Bertz CT molecular complexity index is 562. The van der Waals surface area contributed by atoms with Crippen molar-refractivity contribution in [2.45, 2.75) is 32.2 Å². The number of aromatic nitrogens is 1. The number of pyridine rings is 1.